The van der Waals surface area contributed by atoms with Crippen LogP contribution in [0.1, 0.15) is 11.1 Å². The second-order valence-electron chi connectivity index (χ2n) is 4.73. The first kappa shape index (κ1) is 12.5. The number of ether oxygens (including phenoxy) is 1. The Labute approximate surface area is 118 Å². The van der Waals surface area contributed by atoms with Crippen molar-refractivity contribution >= 4 is 0 Å². The summed E-state index contributed by atoms with van der Waals surface area (Å²) in [6, 6.07) is 18.1. The molecule has 3 rings (SSSR count). The number of hydrogen-bond donors (Lipinski definition) is 0. The van der Waals surface area contributed by atoms with Gasteiger partial charge in [-0.25, -0.2) is 4.68 Å². The van der Waals surface area contributed by atoms with Crippen LogP contribution in [0.2, 0.25) is 0 Å². The molecule has 100 valence electrons. The van der Waals surface area contributed by atoms with Crippen molar-refractivity contribution in [2.45, 2.75) is 13.5 Å². The summed E-state index contributed by atoms with van der Waals surface area (Å²) in [4.78, 5) is 0. The van der Waals surface area contributed by atoms with E-state index in [-0.39, 0.29) is 0 Å². The predicted molar refractivity (Wildman–Crippen MR) is 79.1 cm³/mol. The Hall–Kier alpha value is -2.55. The Morgan fingerprint density at radius 3 is 2.70 bits per heavy atom. The van der Waals surface area contributed by atoms with Gasteiger partial charge in [0.05, 0.1) is 11.9 Å². The number of para-hydroxylation sites is 1. The standard InChI is InChI=1S/C17H16N2O/c1-14-6-5-9-17(10-14)20-13-15-11-18-19(12-15)16-7-3-2-4-8-16/h2-12H,13H2,1H3. The molecule has 0 bridgehead atoms. The maximum atomic E-state index is 5.77. The summed E-state index contributed by atoms with van der Waals surface area (Å²) < 4.78 is 7.62. The molecule has 0 spiro atoms. The Morgan fingerprint density at radius 2 is 1.90 bits per heavy atom. The smallest absolute Gasteiger partial charge is 0.120 e. The van der Waals surface area contributed by atoms with Gasteiger partial charge < -0.3 is 4.74 Å². The van der Waals surface area contributed by atoms with Crippen LogP contribution in [0.4, 0.5) is 0 Å². The lowest BCUT2D eigenvalue weighted by Crippen LogP contribution is -1.95. The number of benzene rings is 2. The van der Waals surface area contributed by atoms with Gasteiger partial charge in [0.1, 0.15) is 12.4 Å². The third kappa shape index (κ3) is 2.88. The minimum absolute atomic E-state index is 0.524. The number of hydrogen-bond acceptors (Lipinski definition) is 2. The molecule has 1 aromatic heterocycles. The zero-order valence-electron chi connectivity index (χ0n) is 11.4. The Bertz CT molecular complexity index is 689. The highest BCUT2D eigenvalue weighted by Crippen LogP contribution is 2.15. The van der Waals surface area contributed by atoms with Crippen LogP contribution in [0.5, 0.6) is 5.75 Å². The normalized spacial score (nSPS) is 10.4. The van der Waals surface area contributed by atoms with Gasteiger partial charge in [0.25, 0.3) is 0 Å². The molecular formula is C17H16N2O. The van der Waals surface area contributed by atoms with E-state index in [2.05, 4.69) is 18.1 Å². The van der Waals surface area contributed by atoms with Crippen molar-refractivity contribution < 1.29 is 4.74 Å². The molecule has 3 heteroatoms. The minimum atomic E-state index is 0.524. The third-order valence-electron chi connectivity index (χ3n) is 3.05. The van der Waals surface area contributed by atoms with Gasteiger partial charge in [0.2, 0.25) is 0 Å². The van der Waals surface area contributed by atoms with Crippen LogP contribution in [0.3, 0.4) is 0 Å². The van der Waals surface area contributed by atoms with Crippen LogP contribution in [-0.4, -0.2) is 9.78 Å². The summed E-state index contributed by atoms with van der Waals surface area (Å²) in [6.45, 7) is 2.58. The van der Waals surface area contributed by atoms with E-state index >= 15 is 0 Å². The zero-order chi connectivity index (χ0) is 13.8. The zero-order valence-corrected chi connectivity index (χ0v) is 11.4. The highest BCUT2D eigenvalue weighted by atomic mass is 16.5. The lowest BCUT2D eigenvalue weighted by molar-refractivity contribution is 0.306. The van der Waals surface area contributed by atoms with Crippen molar-refractivity contribution in [3.05, 3.63) is 78.1 Å². The monoisotopic (exact) mass is 264 g/mol. The Morgan fingerprint density at radius 1 is 1.05 bits per heavy atom. The summed E-state index contributed by atoms with van der Waals surface area (Å²) in [5, 5.41) is 4.35. The van der Waals surface area contributed by atoms with E-state index in [0.717, 1.165) is 17.0 Å². The maximum Gasteiger partial charge on any atom is 0.120 e. The van der Waals surface area contributed by atoms with Crippen molar-refractivity contribution in [1.29, 1.82) is 0 Å². The van der Waals surface area contributed by atoms with Crippen LogP contribution in [-0.2, 0) is 6.61 Å². The van der Waals surface area contributed by atoms with Crippen LogP contribution in [0.15, 0.2) is 67.0 Å². The van der Waals surface area contributed by atoms with Gasteiger partial charge in [-0.2, -0.15) is 5.10 Å². The topological polar surface area (TPSA) is 27.1 Å². The molecule has 0 unspecified atom stereocenters. The van der Waals surface area contributed by atoms with Crippen molar-refractivity contribution in [3.63, 3.8) is 0 Å². The quantitative estimate of drug-likeness (QED) is 0.717. The molecular weight excluding hydrogens is 248 g/mol. The molecule has 0 saturated carbocycles. The van der Waals surface area contributed by atoms with Crippen LogP contribution >= 0.6 is 0 Å². The molecule has 0 fully saturated rings. The fourth-order valence-corrected chi connectivity index (χ4v) is 2.03. The molecule has 2 aromatic carbocycles. The van der Waals surface area contributed by atoms with Gasteiger partial charge in [-0.1, -0.05) is 30.3 Å². The molecule has 0 aliphatic carbocycles. The minimum Gasteiger partial charge on any atom is -0.489 e. The van der Waals surface area contributed by atoms with Crippen LogP contribution in [0, 0.1) is 6.92 Å². The number of rotatable bonds is 4. The van der Waals surface area contributed by atoms with Crippen molar-refractivity contribution in [2.75, 3.05) is 0 Å². The molecule has 20 heavy (non-hydrogen) atoms. The van der Waals surface area contributed by atoms with Gasteiger partial charge in [0, 0.05) is 11.8 Å². The molecule has 0 amide bonds. The molecule has 0 aliphatic heterocycles. The van der Waals surface area contributed by atoms with Gasteiger partial charge in [-0.3, -0.25) is 0 Å². The molecule has 0 saturated heterocycles. The highest BCUT2D eigenvalue weighted by molar-refractivity contribution is 5.31. The van der Waals surface area contributed by atoms with Crippen molar-refractivity contribution in [1.82, 2.24) is 9.78 Å². The molecule has 3 aromatic rings. The van der Waals surface area contributed by atoms with E-state index < -0.39 is 0 Å². The number of aryl methyl sites for hydroxylation is 1. The summed E-state index contributed by atoms with van der Waals surface area (Å²) in [7, 11) is 0. The molecule has 1 heterocycles. The van der Waals surface area contributed by atoms with Gasteiger partial charge in [-0.15, -0.1) is 0 Å². The van der Waals surface area contributed by atoms with Crippen LogP contribution in [0.25, 0.3) is 5.69 Å². The van der Waals surface area contributed by atoms with Gasteiger partial charge >= 0.3 is 0 Å². The molecule has 3 nitrogen and oxygen atoms in total. The lowest BCUT2D eigenvalue weighted by Gasteiger charge is -2.05. The molecule has 0 N–H and O–H groups in total. The Kier molecular flexibility index (Phi) is 3.50. The van der Waals surface area contributed by atoms with Crippen molar-refractivity contribution in [3.8, 4) is 11.4 Å². The van der Waals surface area contributed by atoms with E-state index in [1.165, 1.54) is 5.56 Å². The van der Waals surface area contributed by atoms with Gasteiger partial charge in [0.15, 0.2) is 0 Å². The average molecular weight is 264 g/mol. The summed E-state index contributed by atoms with van der Waals surface area (Å²) in [5.41, 5.74) is 3.30. The third-order valence-corrected chi connectivity index (χ3v) is 3.05. The highest BCUT2D eigenvalue weighted by Gasteiger charge is 2.01. The summed E-state index contributed by atoms with van der Waals surface area (Å²) >= 11 is 0. The second-order valence-corrected chi connectivity index (χ2v) is 4.73. The van der Waals surface area contributed by atoms with Crippen LogP contribution < -0.4 is 4.74 Å². The number of nitrogens with zero attached hydrogens (tertiary/aromatic N) is 2. The predicted octanol–water partition coefficient (Wildman–Crippen LogP) is 3.76. The first-order valence-corrected chi connectivity index (χ1v) is 6.60. The van der Waals surface area contributed by atoms with Gasteiger partial charge in [-0.05, 0) is 36.8 Å². The van der Waals surface area contributed by atoms with E-state index in [1.54, 1.807) is 0 Å². The van der Waals surface area contributed by atoms with E-state index in [9.17, 15) is 0 Å². The summed E-state index contributed by atoms with van der Waals surface area (Å²) in [6.07, 6.45) is 3.83. The molecule has 0 aliphatic rings. The van der Waals surface area contributed by atoms with E-state index in [0.29, 0.717) is 6.61 Å². The first-order chi connectivity index (χ1) is 9.81. The Balaban J connectivity index is 1.69. The number of aromatic nitrogens is 2. The fraction of sp³-hybridized carbons (Fsp3) is 0.118. The lowest BCUT2D eigenvalue weighted by atomic mass is 10.2. The SMILES string of the molecule is Cc1cccc(OCc2cnn(-c3ccccc3)c2)c1. The first-order valence-electron chi connectivity index (χ1n) is 6.60. The average Bonchev–Trinajstić information content (AvgIpc) is 2.95. The van der Waals surface area contributed by atoms with E-state index in [1.807, 2.05) is 65.6 Å². The summed E-state index contributed by atoms with van der Waals surface area (Å²) in [5.74, 6) is 0.887. The second kappa shape index (κ2) is 5.61. The molecule has 0 radical (unpaired) electrons. The largest absolute Gasteiger partial charge is 0.489 e. The molecule has 0 atom stereocenters. The maximum absolute atomic E-state index is 5.77. The van der Waals surface area contributed by atoms with Crippen molar-refractivity contribution in [2.24, 2.45) is 0 Å². The fourth-order valence-electron chi connectivity index (χ4n) is 2.03. The van der Waals surface area contributed by atoms with E-state index in [4.69, 9.17) is 4.74 Å².